The topological polar surface area (TPSA) is 121 Å². The quantitative estimate of drug-likeness (QED) is 0.340. The molecule has 0 spiro atoms. The summed E-state index contributed by atoms with van der Waals surface area (Å²) >= 11 is 0. The van der Waals surface area contributed by atoms with Gasteiger partial charge >= 0.3 is 6.36 Å². The highest BCUT2D eigenvalue weighted by atomic mass is 19.4. The molecule has 0 saturated heterocycles. The number of benzene rings is 1. The molecule has 0 aliphatic carbocycles. The minimum absolute atomic E-state index is 0.0515. The number of alkyl halides is 3. The second-order valence-electron chi connectivity index (χ2n) is 8.46. The van der Waals surface area contributed by atoms with Crippen LogP contribution in [0, 0.1) is 11.3 Å². The van der Waals surface area contributed by atoms with E-state index in [0.29, 0.717) is 29.9 Å². The molecule has 10 nitrogen and oxygen atoms in total. The third kappa shape index (κ3) is 5.81. The Balaban J connectivity index is 1.74. The van der Waals surface area contributed by atoms with E-state index in [1.54, 1.807) is 41.0 Å². The molecule has 1 aromatic carbocycles. The number of hydrogen-bond donors (Lipinski definition) is 2. The Bertz CT molecular complexity index is 1460. The highest BCUT2D eigenvalue weighted by molar-refractivity contribution is 5.82. The van der Waals surface area contributed by atoms with Crippen LogP contribution in [0.3, 0.4) is 0 Å². The van der Waals surface area contributed by atoms with Crippen molar-refractivity contribution in [2.45, 2.75) is 6.36 Å². The molecule has 4 aromatic rings. The molecule has 3 N–H and O–H groups in total. The van der Waals surface area contributed by atoms with E-state index in [1.807, 2.05) is 31.1 Å². The number of hydrogen-bond acceptors (Lipinski definition) is 9. The highest BCUT2D eigenvalue weighted by Gasteiger charge is 2.33. The van der Waals surface area contributed by atoms with Gasteiger partial charge in [-0.3, -0.25) is 0 Å². The zero-order chi connectivity index (χ0) is 26.7. The summed E-state index contributed by atoms with van der Waals surface area (Å²) in [5.41, 5.74) is 8.42. The first kappa shape index (κ1) is 25.5. The average molecular weight is 512 g/mol. The van der Waals surface area contributed by atoms with Crippen LogP contribution in [0.5, 0.6) is 5.75 Å². The van der Waals surface area contributed by atoms with Gasteiger partial charge < -0.3 is 25.6 Å². The number of nitrogens with two attached hydrogens (primary N) is 1. The third-order valence-electron chi connectivity index (χ3n) is 5.49. The second kappa shape index (κ2) is 10.2. The number of ether oxygens (including phenoxy) is 1. The van der Waals surface area contributed by atoms with Crippen LogP contribution >= 0.6 is 0 Å². The normalized spacial score (nSPS) is 11.5. The first-order valence-corrected chi connectivity index (χ1v) is 11.1. The fourth-order valence-corrected chi connectivity index (χ4v) is 3.66. The number of nitrogens with zero attached hydrogens (tertiary/aromatic N) is 7. The molecule has 0 radical (unpaired) electrons. The number of fused-ring (bicyclic) bond motifs is 1. The van der Waals surface area contributed by atoms with Crippen LogP contribution in [0.1, 0.15) is 5.56 Å². The number of nitrogen functional groups attached to an aromatic ring is 1. The maximum atomic E-state index is 13.3. The van der Waals surface area contributed by atoms with E-state index in [1.165, 1.54) is 18.3 Å². The third-order valence-corrected chi connectivity index (χ3v) is 5.49. The molecule has 0 unspecified atom stereocenters. The van der Waals surface area contributed by atoms with Crippen molar-refractivity contribution in [3.05, 3.63) is 54.5 Å². The Morgan fingerprint density at radius 1 is 1.16 bits per heavy atom. The molecule has 0 aliphatic rings. The maximum Gasteiger partial charge on any atom is 0.573 e. The van der Waals surface area contributed by atoms with Gasteiger partial charge in [0.05, 0.1) is 46.2 Å². The average Bonchev–Trinajstić information content (AvgIpc) is 3.27. The van der Waals surface area contributed by atoms with Gasteiger partial charge in [0.15, 0.2) is 5.75 Å². The molecule has 0 fully saturated rings. The number of pyridine rings is 1. The van der Waals surface area contributed by atoms with E-state index in [9.17, 15) is 18.4 Å². The fraction of sp³-hybridized carbons (Fsp3) is 0.250. The Hall–Kier alpha value is -4.57. The molecule has 0 saturated carbocycles. The van der Waals surface area contributed by atoms with Crippen molar-refractivity contribution in [3.63, 3.8) is 0 Å². The summed E-state index contributed by atoms with van der Waals surface area (Å²) in [6.07, 6.45) is -0.364. The van der Waals surface area contributed by atoms with Crippen molar-refractivity contribution in [1.29, 1.82) is 5.26 Å². The van der Waals surface area contributed by atoms with Crippen LogP contribution in [-0.4, -0.2) is 65.1 Å². The molecule has 0 bridgehead atoms. The number of rotatable bonds is 8. The van der Waals surface area contributed by atoms with Gasteiger partial charge in [0, 0.05) is 38.0 Å². The van der Waals surface area contributed by atoms with Gasteiger partial charge in [-0.05, 0) is 32.3 Å². The van der Waals surface area contributed by atoms with Gasteiger partial charge in [-0.15, -0.1) is 13.2 Å². The van der Waals surface area contributed by atoms with Crippen LogP contribution < -0.4 is 20.7 Å². The molecule has 13 heteroatoms. The Labute approximate surface area is 210 Å². The number of nitriles is 1. The van der Waals surface area contributed by atoms with Gasteiger partial charge in [0.25, 0.3) is 0 Å². The largest absolute Gasteiger partial charge is 0.573 e. The molecule has 0 aliphatic heterocycles. The zero-order valence-electron chi connectivity index (χ0n) is 20.3. The van der Waals surface area contributed by atoms with E-state index in [2.05, 4.69) is 25.1 Å². The highest BCUT2D eigenvalue weighted by Crippen LogP contribution is 2.39. The lowest BCUT2D eigenvalue weighted by molar-refractivity contribution is -0.274. The lowest BCUT2D eigenvalue weighted by atomic mass is 10.1. The van der Waals surface area contributed by atoms with Gasteiger partial charge in [0.2, 0.25) is 5.95 Å². The number of likely N-dealkylation sites (N-methyl/N-ethyl adjacent to an activating group) is 2. The van der Waals surface area contributed by atoms with Crippen LogP contribution in [0.15, 0.2) is 48.9 Å². The Kier molecular flexibility index (Phi) is 7.03. The lowest BCUT2D eigenvalue weighted by Gasteiger charge is -2.25. The Morgan fingerprint density at radius 2 is 1.95 bits per heavy atom. The van der Waals surface area contributed by atoms with Gasteiger partial charge in [-0.2, -0.15) is 10.4 Å². The SMILES string of the molecule is CN(C)CCN(C)c1cc(OC(F)(F)F)c(Nc2ncc(C#N)c(-c3cnn4ccccc34)n2)cc1N. The smallest absolute Gasteiger partial charge is 0.403 e. The first-order valence-electron chi connectivity index (χ1n) is 11.1. The summed E-state index contributed by atoms with van der Waals surface area (Å²) < 4.78 is 45.7. The number of anilines is 4. The van der Waals surface area contributed by atoms with E-state index in [4.69, 9.17) is 5.73 Å². The van der Waals surface area contributed by atoms with Crippen LogP contribution in [-0.2, 0) is 0 Å². The first-order chi connectivity index (χ1) is 17.6. The van der Waals surface area contributed by atoms with Crippen molar-refractivity contribution in [1.82, 2.24) is 24.5 Å². The molecule has 4 rings (SSSR count). The van der Waals surface area contributed by atoms with Crippen molar-refractivity contribution in [2.24, 2.45) is 0 Å². The molecular weight excluding hydrogens is 487 g/mol. The van der Waals surface area contributed by atoms with E-state index < -0.39 is 12.1 Å². The van der Waals surface area contributed by atoms with Gasteiger partial charge in [-0.1, -0.05) is 6.07 Å². The summed E-state index contributed by atoms with van der Waals surface area (Å²) in [4.78, 5) is 12.2. The fourth-order valence-electron chi connectivity index (χ4n) is 3.66. The molecule has 0 atom stereocenters. The minimum atomic E-state index is -4.94. The summed E-state index contributed by atoms with van der Waals surface area (Å²) in [6, 6.07) is 10.0. The summed E-state index contributed by atoms with van der Waals surface area (Å²) in [6.45, 7) is 1.19. The van der Waals surface area contributed by atoms with E-state index in [0.717, 1.165) is 0 Å². The van der Waals surface area contributed by atoms with Crippen molar-refractivity contribution in [2.75, 3.05) is 50.2 Å². The number of halogens is 3. The monoisotopic (exact) mass is 511 g/mol. The molecule has 3 heterocycles. The minimum Gasteiger partial charge on any atom is -0.403 e. The summed E-state index contributed by atoms with van der Waals surface area (Å²) in [7, 11) is 5.51. The molecule has 3 aromatic heterocycles. The number of aromatic nitrogens is 4. The van der Waals surface area contributed by atoms with Crippen LogP contribution in [0.2, 0.25) is 0 Å². The van der Waals surface area contributed by atoms with Crippen molar-refractivity contribution >= 4 is 28.5 Å². The summed E-state index contributed by atoms with van der Waals surface area (Å²) in [5.74, 6) is -0.552. The predicted molar refractivity (Wildman–Crippen MR) is 134 cm³/mol. The molecule has 37 heavy (non-hydrogen) atoms. The van der Waals surface area contributed by atoms with Crippen LogP contribution in [0.25, 0.3) is 16.8 Å². The predicted octanol–water partition coefficient (Wildman–Crippen LogP) is 3.89. The van der Waals surface area contributed by atoms with Crippen molar-refractivity contribution < 1.29 is 17.9 Å². The standard InChI is InChI=1S/C24H24F3N9O/c1-34(2)8-9-35(3)20-11-21(37-24(25,26)27)18(10-17(20)29)32-23-30-13-15(12-28)22(33-23)16-14-31-36-7-5-4-6-19(16)36/h4-7,10-11,13-14H,8-9,29H2,1-3H3,(H,30,32,33). The Morgan fingerprint density at radius 3 is 2.65 bits per heavy atom. The van der Waals surface area contributed by atoms with Crippen molar-refractivity contribution in [3.8, 4) is 23.1 Å². The van der Waals surface area contributed by atoms with Gasteiger partial charge in [-0.25, -0.2) is 14.5 Å². The molecular formula is C24H24F3N9O. The lowest BCUT2D eigenvalue weighted by Crippen LogP contribution is -2.29. The zero-order valence-corrected chi connectivity index (χ0v) is 20.3. The molecule has 192 valence electrons. The van der Waals surface area contributed by atoms with E-state index in [-0.39, 0.29) is 28.6 Å². The molecule has 0 amide bonds. The summed E-state index contributed by atoms with van der Waals surface area (Å²) in [5, 5.41) is 16.6. The van der Waals surface area contributed by atoms with Gasteiger partial charge in [0.1, 0.15) is 6.07 Å². The number of nitrogens with one attached hydrogen (secondary N) is 1. The maximum absolute atomic E-state index is 13.3. The van der Waals surface area contributed by atoms with Crippen LogP contribution in [0.4, 0.5) is 36.2 Å². The van der Waals surface area contributed by atoms with E-state index >= 15 is 0 Å². The second-order valence-corrected chi connectivity index (χ2v) is 8.46.